The van der Waals surface area contributed by atoms with Gasteiger partial charge in [0.2, 0.25) is 5.91 Å². The van der Waals surface area contributed by atoms with Crippen molar-refractivity contribution in [2.24, 2.45) is 0 Å². The van der Waals surface area contributed by atoms with E-state index in [1.807, 2.05) is 11.5 Å². The molecule has 0 spiro atoms. The molecule has 6 nitrogen and oxygen atoms in total. The first-order valence-electron chi connectivity index (χ1n) is 10.0. The Labute approximate surface area is 175 Å². The van der Waals surface area contributed by atoms with Crippen LogP contribution in [-0.2, 0) is 4.79 Å². The highest BCUT2D eigenvalue weighted by atomic mass is 32.2. The molecule has 8 heteroatoms. The third-order valence-electron chi connectivity index (χ3n) is 5.13. The minimum atomic E-state index is -0.350. The second kappa shape index (κ2) is 10.0. The van der Waals surface area contributed by atoms with Crippen molar-refractivity contribution in [2.45, 2.75) is 49.6 Å². The van der Waals surface area contributed by atoms with E-state index in [2.05, 4.69) is 33.9 Å². The topological polar surface area (TPSA) is 63.1 Å². The molecule has 0 unspecified atom stereocenters. The zero-order chi connectivity index (χ0) is 20.8. The van der Waals surface area contributed by atoms with Gasteiger partial charge in [0, 0.05) is 12.2 Å². The van der Waals surface area contributed by atoms with Gasteiger partial charge in [-0.1, -0.05) is 24.3 Å². The normalized spacial score (nSPS) is 16.9. The van der Waals surface area contributed by atoms with Gasteiger partial charge in [0.1, 0.15) is 5.82 Å². The first-order chi connectivity index (χ1) is 14.0. The van der Waals surface area contributed by atoms with E-state index in [0.29, 0.717) is 11.7 Å². The number of hydrogen-bond acceptors (Lipinski definition) is 5. The van der Waals surface area contributed by atoms with Gasteiger partial charge in [0.15, 0.2) is 11.0 Å². The van der Waals surface area contributed by atoms with Crippen molar-refractivity contribution in [2.75, 3.05) is 19.6 Å². The van der Waals surface area contributed by atoms with Gasteiger partial charge in [-0.05, 0) is 64.0 Å². The second-order valence-corrected chi connectivity index (χ2v) is 8.53. The summed E-state index contributed by atoms with van der Waals surface area (Å²) >= 11 is 1.34. The van der Waals surface area contributed by atoms with E-state index in [9.17, 15) is 9.18 Å². The first kappa shape index (κ1) is 21.5. The van der Waals surface area contributed by atoms with E-state index in [-0.39, 0.29) is 23.0 Å². The number of carbonyl (C=O) groups is 1. The Balaban J connectivity index is 1.91. The van der Waals surface area contributed by atoms with Gasteiger partial charge in [-0.15, -0.1) is 16.8 Å². The average Bonchev–Trinajstić information content (AvgIpc) is 3.16. The lowest BCUT2D eigenvalue weighted by molar-refractivity contribution is -0.120. The molecule has 0 aliphatic carbocycles. The minimum absolute atomic E-state index is 0.0760. The first-order valence-corrected chi connectivity index (χ1v) is 10.9. The predicted molar refractivity (Wildman–Crippen MR) is 114 cm³/mol. The van der Waals surface area contributed by atoms with Crippen LogP contribution >= 0.6 is 11.8 Å². The summed E-state index contributed by atoms with van der Waals surface area (Å²) in [5.41, 5.74) is 0.788. The fraction of sp³-hybridized carbons (Fsp3) is 0.476. The molecule has 0 bridgehead atoms. The Morgan fingerprint density at radius 1 is 1.24 bits per heavy atom. The summed E-state index contributed by atoms with van der Waals surface area (Å²) in [5.74, 6) is 0.424. The number of aromatic nitrogens is 3. The van der Waals surface area contributed by atoms with Crippen molar-refractivity contribution in [1.29, 1.82) is 0 Å². The van der Waals surface area contributed by atoms with E-state index in [0.717, 1.165) is 24.6 Å². The lowest BCUT2D eigenvalue weighted by Crippen LogP contribution is -2.33. The third-order valence-corrected chi connectivity index (χ3v) is 6.17. The quantitative estimate of drug-likeness (QED) is 0.524. The lowest BCUT2D eigenvalue weighted by atomic mass is 10.1. The summed E-state index contributed by atoms with van der Waals surface area (Å²) in [4.78, 5) is 14.7. The van der Waals surface area contributed by atoms with Crippen LogP contribution in [0.2, 0.25) is 0 Å². The summed E-state index contributed by atoms with van der Waals surface area (Å²) in [5, 5.41) is 11.9. The summed E-state index contributed by atoms with van der Waals surface area (Å²) in [7, 11) is 0. The highest BCUT2D eigenvalue weighted by Crippen LogP contribution is 2.31. The Bertz CT molecular complexity index is 832. The van der Waals surface area contributed by atoms with Crippen LogP contribution in [0.25, 0.3) is 5.69 Å². The molecular formula is C21H28FN5OS. The van der Waals surface area contributed by atoms with Crippen molar-refractivity contribution in [3.8, 4) is 5.69 Å². The van der Waals surface area contributed by atoms with Gasteiger partial charge < -0.3 is 5.32 Å². The zero-order valence-corrected chi connectivity index (χ0v) is 17.8. The Kier molecular flexibility index (Phi) is 7.44. The van der Waals surface area contributed by atoms with Crippen molar-refractivity contribution >= 4 is 17.7 Å². The number of hydrogen-bond donors (Lipinski definition) is 1. The molecule has 0 radical (unpaired) electrons. The van der Waals surface area contributed by atoms with Gasteiger partial charge in [-0.25, -0.2) is 4.39 Å². The standard InChI is InChI=1S/C21H28FN5OS/c1-4-12-23-20(28)16(3)29-21-25-24-19(15(2)26-13-6-5-7-14-26)27(21)18-10-8-17(22)9-11-18/h4,8-11,15-16H,1,5-7,12-14H2,2-3H3,(H,23,28)/t15-,16-/m1/s1. The number of thioether (sulfide) groups is 1. The van der Waals surface area contributed by atoms with Gasteiger partial charge in [0.25, 0.3) is 0 Å². The SMILES string of the molecule is C=CCNC(=O)[C@@H](C)Sc1nnc([C@@H](C)N2CCCCC2)n1-c1ccc(F)cc1. The number of amides is 1. The number of likely N-dealkylation sites (tertiary alicyclic amines) is 1. The Morgan fingerprint density at radius 2 is 1.93 bits per heavy atom. The van der Waals surface area contributed by atoms with Crippen molar-refractivity contribution in [3.63, 3.8) is 0 Å². The molecule has 3 rings (SSSR count). The number of halogens is 1. The summed E-state index contributed by atoms with van der Waals surface area (Å²) < 4.78 is 15.4. The zero-order valence-electron chi connectivity index (χ0n) is 17.0. The molecule has 1 amide bonds. The van der Waals surface area contributed by atoms with Gasteiger partial charge in [0.05, 0.1) is 11.3 Å². The molecule has 2 heterocycles. The maximum Gasteiger partial charge on any atom is 0.233 e. The maximum atomic E-state index is 13.5. The highest BCUT2D eigenvalue weighted by Gasteiger charge is 2.27. The molecule has 2 aromatic rings. The number of piperidine rings is 1. The van der Waals surface area contributed by atoms with E-state index in [1.54, 1.807) is 18.2 Å². The summed E-state index contributed by atoms with van der Waals surface area (Å²) in [6.07, 6.45) is 5.26. The fourth-order valence-electron chi connectivity index (χ4n) is 3.46. The molecular weight excluding hydrogens is 389 g/mol. The molecule has 1 aromatic heterocycles. The van der Waals surface area contributed by atoms with E-state index >= 15 is 0 Å². The molecule has 1 aliphatic heterocycles. The highest BCUT2D eigenvalue weighted by molar-refractivity contribution is 8.00. The van der Waals surface area contributed by atoms with Crippen LogP contribution in [0.4, 0.5) is 4.39 Å². The largest absolute Gasteiger partial charge is 0.352 e. The monoisotopic (exact) mass is 417 g/mol. The van der Waals surface area contributed by atoms with Crippen LogP contribution in [-0.4, -0.2) is 50.5 Å². The third kappa shape index (κ3) is 5.25. The minimum Gasteiger partial charge on any atom is -0.352 e. The molecule has 1 N–H and O–H groups in total. The van der Waals surface area contributed by atoms with Crippen LogP contribution < -0.4 is 5.32 Å². The van der Waals surface area contributed by atoms with Crippen molar-refractivity contribution in [1.82, 2.24) is 25.0 Å². The summed E-state index contributed by atoms with van der Waals surface area (Å²) in [6.45, 7) is 10.1. The van der Waals surface area contributed by atoms with Crippen LogP contribution in [0.3, 0.4) is 0 Å². The smallest absolute Gasteiger partial charge is 0.233 e. The lowest BCUT2D eigenvalue weighted by Gasteiger charge is -2.32. The van der Waals surface area contributed by atoms with Gasteiger partial charge in [-0.3, -0.25) is 14.3 Å². The van der Waals surface area contributed by atoms with Gasteiger partial charge >= 0.3 is 0 Å². The molecule has 0 saturated carbocycles. The average molecular weight is 418 g/mol. The van der Waals surface area contributed by atoms with Gasteiger partial charge in [-0.2, -0.15) is 0 Å². The van der Waals surface area contributed by atoms with Crippen LogP contribution in [0, 0.1) is 5.82 Å². The number of benzene rings is 1. The number of nitrogens with one attached hydrogen (secondary N) is 1. The number of nitrogens with zero attached hydrogens (tertiary/aromatic N) is 4. The Morgan fingerprint density at radius 3 is 2.59 bits per heavy atom. The van der Waals surface area contributed by atoms with Crippen molar-refractivity contribution < 1.29 is 9.18 Å². The van der Waals surface area contributed by atoms with Crippen LogP contribution in [0.1, 0.15) is 45.0 Å². The summed E-state index contributed by atoms with van der Waals surface area (Å²) in [6, 6.07) is 6.38. The molecule has 1 saturated heterocycles. The maximum absolute atomic E-state index is 13.5. The van der Waals surface area contributed by atoms with E-state index in [1.165, 1.54) is 43.2 Å². The van der Waals surface area contributed by atoms with Crippen LogP contribution in [0.15, 0.2) is 42.1 Å². The predicted octanol–water partition coefficient (Wildman–Crippen LogP) is 3.74. The molecule has 1 aromatic carbocycles. The molecule has 156 valence electrons. The van der Waals surface area contributed by atoms with Crippen molar-refractivity contribution in [3.05, 3.63) is 48.6 Å². The van der Waals surface area contributed by atoms with E-state index < -0.39 is 0 Å². The number of rotatable bonds is 8. The molecule has 29 heavy (non-hydrogen) atoms. The molecule has 2 atom stereocenters. The fourth-order valence-corrected chi connectivity index (χ4v) is 4.36. The molecule has 1 fully saturated rings. The Hall–Kier alpha value is -2.19. The van der Waals surface area contributed by atoms with E-state index in [4.69, 9.17) is 0 Å². The van der Waals surface area contributed by atoms with Crippen LogP contribution in [0.5, 0.6) is 0 Å². The second-order valence-electron chi connectivity index (χ2n) is 7.22. The molecule has 1 aliphatic rings. The number of carbonyl (C=O) groups excluding carboxylic acids is 1.